The number of H-pyrrole nitrogens is 1. The van der Waals surface area contributed by atoms with Crippen LogP contribution in [0.4, 0.5) is 11.5 Å². The van der Waals surface area contributed by atoms with Crippen molar-refractivity contribution in [1.82, 2.24) is 10.2 Å². The van der Waals surface area contributed by atoms with E-state index in [2.05, 4.69) is 15.5 Å². The van der Waals surface area contributed by atoms with Gasteiger partial charge in [0.2, 0.25) is 0 Å². The molecule has 6 nitrogen and oxygen atoms in total. The van der Waals surface area contributed by atoms with Crippen molar-refractivity contribution in [3.8, 4) is 0 Å². The summed E-state index contributed by atoms with van der Waals surface area (Å²) in [6.07, 6.45) is 0. The average Bonchev–Trinajstić information content (AvgIpc) is 2.79. The van der Waals surface area contributed by atoms with E-state index >= 15 is 0 Å². The molecule has 4 N–H and O–H groups in total. The van der Waals surface area contributed by atoms with Gasteiger partial charge in [-0.25, -0.2) is 0 Å². The van der Waals surface area contributed by atoms with E-state index in [0.717, 1.165) is 0 Å². The van der Waals surface area contributed by atoms with E-state index in [1.807, 2.05) is 0 Å². The SMILES string of the molecule is Cc1[nH]nc(NC(=O)c2ccc(Cl)o2)c1N. The third-order valence-electron chi connectivity index (χ3n) is 2.02. The van der Waals surface area contributed by atoms with E-state index in [-0.39, 0.29) is 16.8 Å². The highest BCUT2D eigenvalue weighted by atomic mass is 35.5. The molecule has 0 aliphatic rings. The summed E-state index contributed by atoms with van der Waals surface area (Å²) in [4.78, 5) is 11.6. The van der Waals surface area contributed by atoms with Crippen LogP contribution in [0.3, 0.4) is 0 Å². The summed E-state index contributed by atoms with van der Waals surface area (Å²) in [7, 11) is 0. The van der Waals surface area contributed by atoms with Crippen molar-refractivity contribution in [2.24, 2.45) is 0 Å². The number of halogens is 1. The van der Waals surface area contributed by atoms with E-state index in [4.69, 9.17) is 21.8 Å². The van der Waals surface area contributed by atoms with Crippen molar-refractivity contribution in [3.63, 3.8) is 0 Å². The highest BCUT2D eigenvalue weighted by Crippen LogP contribution is 2.20. The van der Waals surface area contributed by atoms with Gasteiger partial charge in [0, 0.05) is 0 Å². The van der Waals surface area contributed by atoms with Crippen LogP contribution in [-0.4, -0.2) is 16.1 Å². The molecule has 0 atom stereocenters. The standard InChI is InChI=1S/C9H9ClN4O2/c1-4-7(11)8(14-13-4)12-9(15)5-2-3-6(10)16-5/h2-3H,11H2,1H3,(H2,12,13,14,15). The number of hydrogen-bond acceptors (Lipinski definition) is 4. The number of nitrogens with one attached hydrogen (secondary N) is 2. The fraction of sp³-hybridized carbons (Fsp3) is 0.111. The maximum absolute atomic E-state index is 11.6. The third kappa shape index (κ3) is 1.87. The van der Waals surface area contributed by atoms with Gasteiger partial charge in [-0.05, 0) is 30.7 Å². The predicted octanol–water partition coefficient (Wildman–Crippen LogP) is 1.80. The molecule has 0 bridgehead atoms. The zero-order valence-corrected chi connectivity index (χ0v) is 9.13. The molecule has 0 unspecified atom stereocenters. The Kier molecular flexibility index (Phi) is 2.57. The van der Waals surface area contributed by atoms with E-state index in [1.165, 1.54) is 12.1 Å². The van der Waals surface area contributed by atoms with Crippen LogP contribution in [0.2, 0.25) is 5.22 Å². The number of nitrogens with two attached hydrogens (primary N) is 1. The molecule has 0 spiro atoms. The first kappa shape index (κ1) is 10.6. The molecule has 0 aliphatic carbocycles. The maximum Gasteiger partial charge on any atom is 0.292 e. The van der Waals surface area contributed by atoms with Crippen LogP contribution in [0.15, 0.2) is 16.5 Å². The van der Waals surface area contributed by atoms with Gasteiger partial charge in [-0.3, -0.25) is 9.89 Å². The Labute approximate surface area is 95.8 Å². The Bertz CT molecular complexity index is 531. The summed E-state index contributed by atoms with van der Waals surface area (Å²) >= 11 is 5.55. The molecule has 84 valence electrons. The van der Waals surface area contributed by atoms with E-state index < -0.39 is 5.91 Å². The van der Waals surface area contributed by atoms with Crippen LogP contribution in [0, 0.1) is 6.92 Å². The van der Waals surface area contributed by atoms with Gasteiger partial charge < -0.3 is 15.5 Å². The van der Waals surface area contributed by atoms with Crippen LogP contribution in [-0.2, 0) is 0 Å². The first-order chi connectivity index (χ1) is 7.58. The summed E-state index contributed by atoms with van der Waals surface area (Å²) in [6, 6.07) is 2.95. The Morgan fingerprint density at radius 3 is 2.88 bits per heavy atom. The van der Waals surface area contributed by atoms with Gasteiger partial charge in [0.05, 0.1) is 11.4 Å². The smallest absolute Gasteiger partial charge is 0.292 e. The molecule has 0 saturated carbocycles. The number of aromatic nitrogens is 2. The van der Waals surface area contributed by atoms with Crippen LogP contribution in [0.5, 0.6) is 0 Å². The summed E-state index contributed by atoms with van der Waals surface area (Å²) in [6.45, 7) is 1.75. The molecule has 2 aromatic heterocycles. The molecule has 16 heavy (non-hydrogen) atoms. The quantitative estimate of drug-likeness (QED) is 0.746. The zero-order chi connectivity index (χ0) is 11.7. The lowest BCUT2D eigenvalue weighted by molar-refractivity contribution is 0.0996. The van der Waals surface area contributed by atoms with Crippen LogP contribution >= 0.6 is 11.6 Å². The van der Waals surface area contributed by atoms with Crippen molar-refractivity contribution in [2.75, 3.05) is 11.1 Å². The molecular weight excluding hydrogens is 232 g/mol. The molecule has 2 aromatic rings. The lowest BCUT2D eigenvalue weighted by atomic mass is 10.3. The van der Waals surface area contributed by atoms with Gasteiger partial charge in [-0.1, -0.05) is 0 Å². The Balaban J connectivity index is 2.17. The molecule has 2 heterocycles. The molecule has 2 rings (SSSR count). The average molecular weight is 241 g/mol. The minimum absolute atomic E-state index is 0.102. The summed E-state index contributed by atoms with van der Waals surface area (Å²) < 4.78 is 4.94. The fourth-order valence-electron chi connectivity index (χ4n) is 1.14. The van der Waals surface area contributed by atoms with Gasteiger partial charge in [0.25, 0.3) is 5.91 Å². The van der Waals surface area contributed by atoms with Gasteiger partial charge in [0.1, 0.15) is 0 Å². The Morgan fingerprint density at radius 1 is 1.62 bits per heavy atom. The number of carbonyl (C=O) groups excluding carboxylic acids is 1. The number of hydrogen-bond donors (Lipinski definition) is 3. The third-order valence-corrected chi connectivity index (χ3v) is 2.23. The Hall–Kier alpha value is -1.95. The van der Waals surface area contributed by atoms with Gasteiger partial charge in [-0.15, -0.1) is 0 Å². The van der Waals surface area contributed by atoms with Crippen molar-refractivity contribution >= 4 is 29.0 Å². The van der Waals surface area contributed by atoms with Crippen molar-refractivity contribution in [3.05, 3.63) is 28.8 Å². The maximum atomic E-state index is 11.6. The second-order valence-electron chi connectivity index (χ2n) is 3.17. The minimum atomic E-state index is -0.454. The topological polar surface area (TPSA) is 96.9 Å². The van der Waals surface area contributed by atoms with Crippen LogP contribution in [0.1, 0.15) is 16.2 Å². The summed E-state index contributed by atoms with van der Waals surface area (Å²) in [5, 5.41) is 9.13. The molecule has 0 aromatic carbocycles. The number of rotatable bonds is 2. The lowest BCUT2D eigenvalue weighted by Crippen LogP contribution is -2.12. The lowest BCUT2D eigenvalue weighted by Gasteiger charge is -1.99. The molecule has 0 fully saturated rings. The molecule has 0 radical (unpaired) electrons. The van der Waals surface area contributed by atoms with Crippen molar-refractivity contribution < 1.29 is 9.21 Å². The second-order valence-corrected chi connectivity index (χ2v) is 3.54. The minimum Gasteiger partial charge on any atom is -0.440 e. The largest absolute Gasteiger partial charge is 0.440 e. The number of aromatic amines is 1. The fourth-order valence-corrected chi connectivity index (χ4v) is 1.28. The number of nitrogens with zero attached hydrogens (tertiary/aromatic N) is 1. The predicted molar refractivity (Wildman–Crippen MR) is 59.4 cm³/mol. The van der Waals surface area contributed by atoms with Gasteiger partial charge >= 0.3 is 0 Å². The number of furan rings is 1. The van der Waals surface area contributed by atoms with Gasteiger partial charge in [0.15, 0.2) is 16.8 Å². The summed E-state index contributed by atoms with van der Waals surface area (Å²) in [5.41, 5.74) is 6.75. The highest BCUT2D eigenvalue weighted by Gasteiger charge is 2.14. The monoisotopic (exact) mass is 240 g/mol. The van der Waals surface area contributed by atoms with Gasteiger partial charge in [-0.2, -0.15) is 5.10 Å². The number of aryl methyl sites for hydroxylation is 1. The van der Waals surface area contributed by atoms with Crippen molar-refractivity contribution in [1.29, 1.82) is 0 Å². The summed E-state index contributed by atoms with van der Waals surface area (Å²) in [5.74, 6) is -0.0785. The molecular formula is C9H9ClN4O2. The second kappa shape index (κ2) is 3.90. The van der Waals surface area contributed by atoms with Crippen LogP contribution in [0.25, 0.3) is 0 Å². The normalized spacial score (nSPS) is 10.4. The zero-order valence-electron chi connectivity index (χ0n) is 8.37. The number of anilines is 2. The number of nitrogen functional groups attached to an aromatic ring is 1. The molecule has 7 heteroatoms. The molecule has 0 saturated heterocycles. The van der Waals surface area contributed by atoms with E-state index in [9.17, 15) is 4.79 Å². The highest BCUT2D eigenvalue weighted by molar-refractivity contribution is 6.29. The number of amides is 1. The first-order valence-corrected chi connectivity index (χ1v) is 4.83. The molecule has 1 amide bonds. The van der Waals surface area contributed by atoms with E-state index in [0.29, 0.717) is 11.4 Å². The number of carbonyl (C=O) groups is 1. The van der Waals surface area contributed by atoms with E-state index in [1.54, 1.807) is 6.92 Å². The Morgan fingerprint density at radius 2 is 2.38 bits per heavy atom. The van der Waals surface area contributed by atoms with Crippen molar-refractivity contribution in [2.45, 2.75) is 6.92 Å². The van der Waals surface area contributed by atoms with Crippen LogP contribution < -0.4 is 11.1 Å². The molecule has 0 aliphatic heterocycles. The first-order valence-electron chi connectivity index (χ1n) is 4.45.